The van der Waals surface area contributed by atoms with Crippen LogP contribution in [0.5, 0.6) is 17.2 Å². The fourth-order valence-electron chi connectivity index (χ4n) is 2.01. The summed E-state index contributed by atoms with van der Waals surface area (Å²) >= 11 is 0. The Balaban J connectivity index is 2.27. The summed E-state index contributed by atoms with van der Waals surface area (Å²) in [5.41, 5.74) is 2.00. The molecule has 138 valence electrons. The minimum absolute atomic E-state index is 0.0925. The van der Waals surface area contributed by atoms with Crippen molar-refractivity contribution in [1.82, 2.24) is 0 Å². The molecule has 0 aliphatic heterocycles. The van der Waals surface area contributed by atoms with Gasteiger partial charge in [0, 0.05) is 11.1 Å². The van der Waals surface area contributed by atoms with Crippen LogP contribution in [0.4, 0.5) is 0 Å². The Kier molecular flexibility index (Phi) is 6.27. The van der Waals surface area contributed by atoms with Crippen molar-refractivity contribution in [2.75, 3.05) is 0 Å². The lowest BCUT2D eigenvalue weighted by molar-refractivity contribution is -0.131. The van der Waals surface area contributed by atoms with E-state index in [0.29, 0.717) is 16.9 Å². The van der Waals surface area contributed by atoms with Crippen molar-refractivity contribution in [2.24, 2.45) is 0 Å². The topological polar surface area (TPSA) is 78.9 Å². The van der Waals surface area contributed by atoms with Gasteiger partial charge in [0.1, 0.15) is 5.75 Å². The number of carbonyl (C=O) groups excluding carboxylic acids is 3. The molecule has 0 amide bonds. The monoisotopic (exact) mass is 366 g/mol. The molecule has 0 aliphatic carbocycles. The van der Waals surface area contributed by atoms with Crippen LogP contribution in [0.3, 0.4) is 0 Å². The summed E-state index contributed by atoms with van der Waals surface area (Å²) in [7, 11) is 0. The summed E-state index contributed by atoms with van der Waals surface area (Å²) in [6.07, 6.45) is 0. The molecule has 0 aromatic heterocycles. The Bertz CT molecular complexity index is 909. The first-order chi connectivity index (χ1) is 12.8. The van der Waals surface area contributed by atoms with E-state index in [2.05, 4.69) is 13.2 Å². The van der Waals surface area contributed by atoms with E-state index in [-0.39, 0.29) is 23.5 Å². The van der Waals surface area contributed by atoms with Crippen LogP contribution in [-0.2, 0) is 14.4 Å². The van der Waals surface area contributed by atoms with E-state index >= 15 is 0 Å². The van der Waals surface area contributed by atoms with Gasteiger partial charge < -0.3 is 14.2 Å². The fourth-order valence-corrected chi connectivity index (χ4v) is 2.01. The first-order valence-electron chi connectivity index (χ1n) is 7.92. The van der Waals surface area contributed by atoms with E-state index in [1.165, 1.54) is 13.0 Å². The molecule has 2 aromatic carbocycles. The lowest BCUT2D eigenvalue weighted by Crippen LogP contribution is -2.09. The van der Waals surface area contributed by atoms with Gasteiger partial charge in [-0.05, 0) is 49.2 Å². The predicted molar refractivity (Wildman–Crippen MR) is 99.5 cm³/mol. The van der Waals surface area contributed by atoms with Gasteiger partial charge in [0.05, 0.1) is 0 Å². The molecule has 2 aromatic rings. The van der Waals surface area contributed by atoms with Gasteiger partial charge >= 0.3 is 11.9 Å². The van der Waals surface area contributed by atoms with E-state index in [4.69, 9.17) is 14.2 Å². The Morgan fingerprint density at radius 3 is 1.93 bits per heavy atom. The lowest BCUT2D eigenvalue weighted by Gasteiger charge is -2.11. The van der Waals surface area contributed by atoms with Crippen molar-refractivity contribution in [3.05, 3.63) is 66.8 Å². The zero-order valence-corrected chi connectivity index (χ0v) is 15.0. The molecule has 0 saturated carbocycles. The summed E-state index contributed by atoms with van der Waals surface area (Å²) in [5, 5.41) is 0. The molecule has 6 heteroatoms. The maximum absolute atomic E-state index is 11.7. The van der Waals surface area contributed by atoms with Gasteiger partial charge in [-0.2, -0.15) is 0 Å². The van der Waals surface area contributed by atoms with Crippen LogP contribution in [0.2, 0.25) is 0 Å². The van der Waals surface area contributed by atoms with Crippen LogP contribution in [0.1, 0.15) is 13.8 Å². The molecule has 2 rings (SSSR count). The summed E-state index contributed by atoms with van der Waals surface area (Å²) < 4.78 is 15.2. The second-order valence-electron chi connectivity index (χ2n) is 5.74. The third-order valence-electron chi connectivity index (χ3n) is 3.42. The molecule has 0 radical (unpaired) electrons. The van der Waals surface area contributed by atoms with Crippen LogP contribution in [-0.4, -0.2) is 18.4 Å². The minimum atomic E-state index is -0.623. The molecule has 0 N–H and O–H groups in total. The largest absolute Gasteiger partial charge is 0.425 e. The van der Waals surface area contributed by atoms with Crippen molar-refractivity contribution < 1.29 is 28.6 Å². The SMILES string of the molecule is C=C(C)C(=O)Oc1ccc(-c2ccc(OC(=O)C(=C)C)c(OC=O)c2)cc1. The third kappa shape index (κ3) is 5.15. The van der Waals surface area contributed by atoms with E-state index < -0.39 is 11.9 Å². The molecule has 0 aliphatic rings. The van der Waals surface area contributed by atoms with E-state index in [0.717, 1.165) is 5.56 Å². The molecule has 0 unspecified atom stereocenters. The first kappa shape index (κ1) is 19.7. The molecule has 0 fully saturated rings. The normalized spacial score (nSPS) is 9.85. The van der Waals surface area contributed by atoms with Crippen molar-refractivity contribution in [3.8, 4) is 28.4 Å². The van der Waals surface area contributed by atoms with Crippen LogP contribution < -0.4 is 14.2 Å². The van der Waals surface area contributed by atoms with Crippen molar-refractivity contribution in [2.45, 2.75) is 13.8 Å². The summed E-state index contributed by atoms with van der Waals surface area (Å²) in [4.78, 5) is 34.0. The molecular weight excluding hydrogens is 348 g/mol. The highest BCUT2D eigenvalue weighted by molar-refractivity contribution is 5.89. The molecule has 27 heavy (non-hydrogen) atoms. The van der Waals surface area contributed by atoms with Crippen molar-refractivity contribution >= 4 is 18.4 Å². The summed E-state index contributed by atoms with van der Waals surface area (Å²) in [5.74, 6) is -0.556. The second-order valence-corrected chi connectivity index (χ2v) is 5.74. The van der Waals surface area contributed by atoms with E-state index in [9.17, 15) is 14.4 Å². The van der Waals surface area contributed by atoms with Crippen molar-refractivity contribution in [1.29, 1.82) is 0 Å². The lowest BCUT2D eigenvalue weighted by atomic mass is 10.0. The fraction of sp³-hybridized carbons (Fsp3) is 0.0952. The van der Waals surface area contributed by atoms with Gasteiger partial charge in [-0.1, -0.05) is 31.4 Å². The van der Waals surface area contributed by atoms with Crippen LogP contribution in [0.15, 0.2) is 66.8 Å². The molecule has 0 bridgehead atoms. The minimum Gasteiger partial charge on any atom is -0.425 e. The highest BCUT2D eigenvalue weighted by Crippen LogP contribution is 2.33. The van der Waals surface area contributed by atoms with Crippen LogP contribution in [0.25, 0.3) is 11.1 Å². The highest BCUT2D eigenvalue weighted by Gasteiger charge is 2.13. The number of rotatable bonds is 7. The Hall–Kier alpha value is -3.67. The molecular formula is C21H18O6. The quantitative estimate of drug-likeness (QED) is 0.320. The number of hydrogen-bond donors (Lipinski definition) is 0. The second kappa shape index (κ2) is 8.62. The van der Waals surface area contributed by atoms with E-state index in [1.54, 1.807) is 43.3 Å². The first-order valence-corrected chi connectivity index (χ1v) is 7.92. The van der Waals surface area contributed by atoms with Gasteiger partial charge in [-0.25, -0.2) is 9.59 Å². The Morgan fingerprint density at radius 1 is 0.815 bits per heavy atom. The number of hydrogen-bond acceptors (Lipinski definition) is 6. The molecule has 6 nitrogen and oxygen atoms in total. The number of esters is 2. The Morgan fingerprint density at radius 2 is 1.37 bits per heavy atom. The zero-order valence-electron chi connectivity index (χ0n) is 15.0. The standard InChI is InChI=1S/C21H18O6/c1-13(2)20(23)26-17-8-5-15(6-9-17)16-7-10-18(19(11-16)25-12-22)27-21(24)14(3)4/h5-12H,1,3H2,2,4H3. The van der Waals surface area contributed by atoms with Gasteiger partial charge in [0.15, 0.2) is 11.5 Å². The number of carbonyl (C=O) groups is 3. The van der Waals surface area contributed by atoms with Gasteiger partial charge in [0.25, 0.3) is 6.47 Å². The van der Waals surface area contributed by atoms with Gasteiger partial charge in [-0.15, -0.1) is 0 Å². The molecule has 0 saturated heterocycles. The smallest absolute Gasteiger partial charge is 0.338 e. The summed E-state index contributed by atoms with van der Waals surface area (Å²) in [6, 6.07) is 11.5. The zero-order chi connectivity index (χ0) is 20.0. The average Bonchev–Trinajstić information content (AvgIpc) is 2.63. The maximum Gasteiger partial charge on any atom is 0.338 e. The van der Waals surface area contributed by atoms with Gasteiger partial charge in [-0.3, -0.25) is 4.79 Å². The summed E-state index contributed by atoms with van der Waals surface area (Å²) in [6.45, 7) is 10.4. The average molecular weight is 366 g/mol. The van der Waals surface area contributed by atoms with Crippen molar-refractivity contribution in [3.63, 3.8) is 0 Å². The van der Waals surface area contributed by atoms with Crippen LogP contribution in [0, 0.1) is 0 Å². The molecule has 0 atom stereocenters. The van der Waals surface area contributed by atoms with E-state index in [1.807, 2.05) is 0 Å². The Labute approximate surface area is 156 Å². The van der Waals surface area contributed by atoms with Crippen LogP contribution >= 0.6 is 0 Å². The van der Waals surface area contributed by atoms with Gasteiger partial charge in [0.2, 0.25) is 0 Å². The third-order valence-corrected chi connectivity index (χ3v) is 3.42. The molecule has 0 heterocycles. The maximum atomic E-state index is 11.7. The highest BCUT2D eigenvalue weighted by atomic mass is 16.6. The number of ether oxygens (including phenoxy) is 3. The number of benzene rings is 2. The predicted octanol–water partition coefficient (Wildman–Crippen LogP) is 3.85. The molecule has 0 spiro atoms.